The fourth-order valence-electron chi connectivity index (χ4n) is 8.60. The van der Waals surface area contributed by atoms with Gasteiger partial charge in [-0.15, -0.1) is 0 Å². The summed E-state index contributed by atoms with van der Waals surface area (Å²) in [6.07, 6.45) is 0. The van der Waals surface area contributed by atoms with Crippen LogP contribution in [0.15, 0.2) is 174 Å². The van der Waals surface area contributed by atoms with E-state index in [9.17, 15) is 0 Å². The first kappa shape index (κ1) is 28.5. The molecule has 0 saturated heterocycles. The molecule has 5 nitrogen and oxygen atoms in total. The predicted octanol–water partition coefficient (Wildman–Crippen LogP) is 12.5. The maximum atomic E-state index is 6.86. The highest BCUT2D eigenvalue weighted by Crippen LogP contribution is 2.44. The molecule has 0 aliphatic rings. The number of benzene rings is 8. The van der Waals surface area contributed by atoms with Gasteiger partial charge in [0.1, 0.15) is 5.58 Å². The highest BCUT2D eigenvalue weighted by Gasteiger charge is 2.23. The third kappa shape index (κ3) is 3.96. The molecule has 0 amide bonds. The lowest BCUT2D eigenvalue weighted by Gasteiger charge is -2.12. The van der Waals surface area contributed by atoms with Gasteiger partial charge in [0.05, 0.1) is 33.3 Å². The van der Waals surface area contributed by atoms with E-state index in [2.05, 4.69) is 167 Å². The summed E-state index contributed by atoms with van der Waals surface area (Å²) in [5.74, 6) is 0.641. The molecule has 246 valence electrons. The Hall–Kier alpha value is -7.24. The number of rotatable bonds is 3. The van der Waals surface area contributed by atoms with Crippen molar-refractivity contribution < 1.29 is 4.42 Å². The summed E-state index contributed by atoms with van der Waals surface area (Å²) in [5, 5.41) is 10.3. The van der Waals surface area contributed by atoms with Crippen LogP contribution in [-0.2, 0) is 0 Å². The minimum absolute atomic E-state index is 0.641. The molecule has 5 heteroatoms. The van der Waals surface area contributed by atoms with Crippen molar-refractivity contribution in [3.8, 4) is 22.9 Å². The predicted molar refractivity (Wildman–Crippen MR) is 218 cm³/mol. The SMILES string of the molecule is c1ccc(-c2nc(-n3c4ccccc4c4cc5c6ccc7c(oc8ccc9ccccc9c87)c6n(-c6ccccc6)c5cc43)nc3ccccc23)cc1. The van der Waals surface area contributed by atoms with E-state index in [0.29, 0.717) is 5.95 Å². The highest BCUT2D eigenvalue weighted by atomic mass is 16.3. The van der Waals surface area contributed by atoms with Crippen molar-refractivity contribution in [3.63, 3.8) is 0 Å². The van der Waals surface area contributed by atoms with Crippen molar-refractivity contribution in [1.82, 2.24) is 19.1 Å². The molecule has 0 unspecified atom stereocenters. The summed E-state index contributed by atoms with van der Waals surface area (Å²) in [6, 6.07) is 59.9. The molecule has 0 aliphatic heterocycles. The summed E-state index contributed by atoms with van der Waals surface area (Å²) in [6.45, 7) is 0. The van der Waals surface area contributed by atoms with Crippen molar-refractivity contribution >= 4 is 87.2 Å². The normalized spacial score (nSPS) is 12.2. The van der Waals surface area contributed by atoms with Crippen LogP contribution in [0, 0.1) is 0 Å². The second-order valence-electron chi connectivity index (χ2n) is 13.8. The molecule has 4 heterocycles. The molecule has 0 aliphatic carbocycles. The number of hydrogen-bond donors (Lipinski definition) is 0. The van der Waals surface area contributed by atoms with Crippen LogP contribution in [0.3, 0.4) is 0 Å². The molecule has 0 N–H and O–H groups in total. The minimum atomic E-state index is 0.641. The van der Waals surface area contributed by atoms with Gasteiger partial charge in [-0.2, -0.15) is 0 Å². The van der Waals surface area contributed by atoms with Gasteiger partial charge >= 0.3 is 0 Å². The van der Waals surface area contributed by atoms with E-state index < -0.39 is 0 Å². The summed E-state index contributed by atoms with van der Waals surface area (Å²) in [5.41, 5.74) is 9.97. The van der Waals surface area contributed by atoms with E-state index in [1.54, 1.807) is 0 Å². The molecule has 12 aromatic rings. The van der Waals surface area contributed by atoms with Gasteiger partial charge in [0.2, 0.25) is 5.95 Å². The standard InChI is InChI=1S/C48H28N4O/c1-3-14-30(15-4-1)45-35-20-9-11-21-39(35)49-48(50-45)52-40-22-12-10-19-33(40)37-27-38-34-24-25-36-44-32-18-8-7-13-29(32)23-26-43(44)53-47(36)46(34)51(41(38)28-42(37)52)31-16-5-2-6-17-31/h1-28H. The van der Waals surface area contributed by atoms with Crippen molar-refractivity contribution in [2.24, 2.45) is 0 Å². The monoisotopic (exact) mass is 676 g/mol. The first-order chi connectivity index (χ1) is 26.3. The van der Waals surface area contributed by atoms with Crippen molar-refractivity contribution in [2.75, 3.05) is 0 Å². The Labute approximate surface area is 302 Å². The average molecular weight is 677 g/mol. The second kappa shape index (κ2) is 10.6. The molecule has 0 spiro atoms. The molecule has 4 aromatic heterocycles. The zero-order chi connectivity index (χ0) is 34.6. The summed E-state index contributed by atoms with van der Waals surface area (Å²) < 4.78 is 11.5. The first-order valence-corrected chi connectivity index (χ1v) is 17.9. The Morgan fingerprint density at radius 3 is 1.98 bits per heavy atom. The van der Waals surface area contributed by atoms with Crippen molar-refractivity contribution in [1.29, 1.82) is 0 Å². The molecule has 0 fully saturated rings. The second-order valence-corrected chi connectivity index (χ2v) is 13.8. The number of furan rings is 1. The zero-order valence-electron chi connectivity index (χ0n) is 28.4. The largest absolute Gasteiger partial charge is 0.454 e. The van der Waals surface area contributed by atoms with Gasteiger partial charge in [0.25, 0.3) is 0 Å². The fraction of sp³-hybridized carbons (Fsp3) is 0. The number of nitrogens with zero attached hydrogens (tertiary/aromatic N) is 4. The molecule has 8 aromatic carbocycles. The molecular weight excluding hydrogens is 649 g/mol. The zero-order valence-corrected chi connectivity index (χ0v) is 28.4. The van der Waals surface area contributed by atoms with Gasteiger partial charge < -0.3 is 8.98 Å². The van der Waals surface area contributed by atoms with E-state index in [1.165, 1.54) is 10.8 Å². The first-order valence-electron chi connectivity index (χ1n) is 17.9. The van der Waals surface area contributed by atoms with Gasteiger partial charge in [-0.05, 0) is 59.3 Å². The average Bonchev–Trinajstić information content (AvgIpc) is 3.88. The molecule has 0 radical (unpaired) electrons. The van der Waals surface area contributed by atoms with Crippen LogP contribution in [0.25, 0.3) is 110 Å². The minimum Gasteiger partial charge on any atom is -0.454 e. The topological polar surface area (TPSA) is 48.8 Å². The summed E-state index contributed by atoms with van der Waals surface area (Å²) in [4.78, 5) is 10.6. The van der Waals surface area contributed by atoms with Crippen molar-refractivity contribution in [3.05, 3.63) is 170 Å². The maximum Gasteiger partial charge on any atom is 0.235 e. The van der Waals surface area contributed by atoms with Crippen LogP contribution in [0.1, 0.15) is 0 Å². The highest BCUT2D eigenvalue weighted by molar-refractivity contribution is 6.27. The van der Waals surface area contributed by atoms with Crippen LogP contribution in [0.4, 0.5) is 0 Å². The molecule has 0 bridgehead atoms. The Balaban J connectivity index is 1.24. The van der Waals surface area contributed by atoms with Gasteiger partial charge in [0.15, 0.2) is 5.58 Å². The smallest absolute Gasteiger partial charge is 0.235 e. The third-order valence-electron chi connectivity index (χ3n) is 10.9. The third-order valence-corrected chi connectivity index (χ3v) is 10.9. The number of hydrogen-bond acceptors (Lipinski definition) is 3. The van der Waals surface area contributed by atoms with E-state index in [1.807, 2.05) is 12.1 Å². The number of aromatic nitrogens is 4. The van der Waals surface area contributed by atoms with E-state index in [4.69, 9.17) is 14.4 Å². The van der Waals surface area contributed by atoms with E-state index >= 15 is 0 Å². The molecular formula is C48H28N4O. The Bertz CT molecular complexity index is 3450. The van der Waals surface area contributed by atoms with Gasteiger partial charge in [-0.1, -0.05) is 121 Å². The maximum absolute atomic E-state index is 6.86. The van der Waals surface area contributed by atoms with Crippen LogP contribution < -0.4 is 0 Å². The van der Waals surface area contributed by atoms with Gasteiger partial charge in [-0.3, -0.25) is 4.57 Å². The number of fused-ring (bicyclic) bond motifs is 13. The lowest BCUT2D eigenvalue weighted by Crippen LogP contribution is -2.03. The summed E-state index contributed by atoms with van der Waals surface area (Å²) in [7, 11) is 0. The molecule has 0 atom stereocenters. The fourth-order valence-corrected chi connectivity index (χ4v) is 8.60. The lowest BCUT2D eigenvalue weighted by atomic mass is 10.0. The molecule has 0 saturated carbocycles. The Kier molecular flexibility index (Phi) is 5.71. The van der Waals surface area contributed by atoms with Crippen LogP contribution in [0.5, 0.6) is 0 Å². The van der Waals surface area contributed by atoms with E-state index in [0.717, 1.165) is 93.4 Å². The molecule has 12 rings (SSSR count). The van der Waals surface area contributed by atoms with Gasteiger partial charge in [-0.25, -0.2) is 9.97 Å². The number of para-hydroxylation sites is 3. The van der Waals surface area contributed by atoms with Crippen LogP contribution in [0.2, 0.25) is 0 Å². The molecule has 53 heavy (non-hydrogen) atoms. The summed E-state index contributed by atoms with van der Waals surface area (Å²) >= 11 is 0. The Morgan fingerprint density at radius 1 is 0.434 bits per heavy atom. The van der Waals surface area contributed by atoms with Gasteiger partial charge in [0, 0.05) is 49.0 Å². The quantitative estimate of drug-likeness (QED) is 0.187. The Morgan fingerprint density at radius 2 is 1.11 bits per heavy atom. The van der Waals surface area contributed by atoms with Crippen LogP contribution in [-0.4, -0.2) is 19.1 Å². The van der Waals surface area contributed by atoms with E-state index in [-0.39, 0.29) is 0 Å². The van der Waals surface area contributed by atoms with Crippen molar-refractivity contribution in [2.45, 2.75) is 0 Å². The van der Waals surface area contributed by atoms with Crippen LogP contribution >= 0.6 is 0 Å². The lowest BCUT2D eigenvalue weighted by molar-refractivity contribution is 0.671.